The fraction of sp³-hybridized carbons (Fsp3) is 0.875. The van der Waals surface area contributed by atoms with E-state index in [0.717, 1.165) is 0 Å². The van der Waals surface area contributed by atoms with Crippen LogP contribution in [0.25, 0.3) is 0 Å². The van der Waals surface area contributed by atoms with Crippen molar-refractivity contribution in [3.63, 3.8) is 0 Å². The van der Waals surface area contributed by atoms with Gasteiger partial charge in [-0.1, -0.05) is 0 Å². The van der Waals surface area contributed by atoms with Crippen LogP contribution in [0.2, 0.25) is 0 Å². The number of rotatable bonds is 0. The van der Waals surface area contributed by atoms with Gasteiger partial charge in [-0.15, -0.1) is 0 Å². The maximum atomic E-state index is 11.2. The molecule has 5 unspecified atom stereocenters. The Morgan fingerprint density at radius 1 is 1.58 bits per heavy atom. The number of carbonyl (C=O) groups excluding carboxylic acids is 1. The molecule has 5 atom stereocenters. The van der Waals surface area contributed by atoms with E-state index in [2.05, 4.69) is 0 Å². The molecule has 2 bridgehead atoms. The summed E-state index contributed by atoms with van der Waals surface area (Å²) >= 11 is 0. The average Bonchev–Trinajstić information content (AvgIpc) is 2.52. The second-order valence-electron chi connectivity index (χ2n) is 4.05. The van der Waals surface area contributed by atoms with Crippen molar-refractivity contribution in [1.29, 1.82) is 0 Å². The number of carbonyl (C=O) groups is 1. The van der Waals surface area contributed by atoms with Gasteiger partial charge >= 0.3 is 5.97 Å². The SMILES string of the molecule is CC12CC3C(=O)OC(C3O1)C2O. The molecular weight excluding hydrogens is 160 g/mol. The smallest absolute Gasteiger partial charge is 0.312 e. The lowest BCUT2D eigenvalue weighted by Crippen LogP contribution is -2.43. The predicted molar refractivity (Wildman–Crippen MR) is 37.3 cm³/mol. The summed E-state index contributed by atoms with van der Waals surface area (Å²) in [5, 5.41) is 9.68. The summed E-state index contributed by atoms with van der Waals surface area (Å²) in [5.41, 5.74) is -0.536. The molecule has 0 aromatic rings. The molecule has 0 aromatic carbocycles. The first-order chi connectivity index (χ1) is 5.62. The van der Waals surface area contributed by atoms with Crippen molar-refractivity contribution >= 4 is 5.97 Å². The molecule has 0 radical (unpaired) electrons. The van der Waals surface area contributed by atoms with Crippen LogP contribution in [-0.2, 0) is 14.3 Å². The molecule has 0 spiro atoms. The van der Waals surface area contributed by atoms with Gasteiger partial charge in [0.15, 0.2) is 6.10 Å². The highest BCUT2D eigenvalue weighted by atomic mass is 16.6. The van der Waals surface area contributed by atoms with Gasteiger partial charge in [-0.05, 0) is 13.3 Å². The minimum atomic E-state index is -0.634. The first-order valence-electron chi connectivity index (χ1n) is 4.18. The molecule has 4 heteroatoms. The predicted octanol–water partition coefficient (Wildman–Crippen LogP) is -0.550. The molecule has 1 N–H and O–H groups in total. The molecule has 0 amide bonds. The van der Waals surface area contributed by atoms with E-state index in [1.807, 2.05) is 6.92 Å². The van der Waals surface area contributed by atoms with Crippen LogP contribution in [-0.4, -0.2) is 35.0 Å². The summed E-state index contributed by atoms with van der Waals surface area (Å²) < 4.78 is 10.5. The maximum Gasteiger partial charge on any atom is 0.312 e. The second-order valence-corrected chi connectivity index (χ2v) is 4.05. The molecule has 3 heterocycles. The number of hydrogen-bond donors (Lipinski definition) is 1. The van der Waals surface area contributed by atoms with Crippen molar-refractivity contribution in [2.75, 3.05) is 0 Å². The summed E-state index contributed by atoms with van der Waals surface area (Å²) in [6, 6.07) is 0. The van der Waals surface area contributed by atoms with Gasteiger partial charge in [0.2, 0.25) is 0 Å². The topological polar surface area (TPSA) is 55.8 Å². The Hall–Kier alpha value is -0.610. The van der Waals surface area contributed by atoms with Crippen molar-refractivity contribution < 1.29 is 19.4 Å². The third-order valence-corrected chi connectivity index (χ3v) is 3.24. The van der Waals surface area contributed by atoms with Crippen LogP contribution in [0.4, 0.5) is 0 Å². The Morgan fingerprint density at radius 2 is 2.33 bits per heavy atom. The summed E-state index contributed by atoms with van der Waals surface area (Å²) in [7, 11) is 0. The van der Waals surface area contributed by atoms with E-state index < -0.39 is 17.8 Å². The Kier molecular flexibility index (Phi) is 0.957. The van der Waals surface area contributed by atoms with Gasteiger partial charge in [-0.2, -0.15) is 0 Å². The molecule has 3 aliphatic heterocycles. The molecule has 3 saturated heterocycles. The molecule has 4 nitrogen and oxygen atoms in total. The Bertz CT molecular complexity index is 264. The van der Waals surface area contributed by atoms with E-state index in [1.165, 1.54) is 0 Å². The van der Waals surface area contributed by atoms with Gasteiger partial charge in [0, 0.05) is 0 Å². The minimum absolute atomic E-state index is 0.122. The second kappa shape index (κ2) is 1.67. The van der Waals surface area contributed by atoms with Crippen LogP contribution >= 0.6 is 0 Å². The standard InChI is InChI=1S/C8H10O4/c1-8-2-3-4(12-8)5(6(8)9)11-7(3)10/h3-6,9H,2H2,1H3. The number of fused-ring (bicyclic) bond motifs is 1. The maximum absolute atomic E-state index is 11.2. The molecule has 3 aliphatic rings. The van der Waals surface area contributed by atoms with E-state index in [4.69, 9.17) is 9.47 Å². The van der Waals surface area contributed by atoms with Gasteiger partial charge in [0.25, 0.3) is 0 Å². The van der Waals surface area contributed by atoms with Crippen molar-refractivity contribution in [3.8, 4) is 0 Å². The fourth-order valence-corrected chi connectivity index (χ4v) is 2.58. The first kappa shape index (κ1) is 6.86. The molecular formula is C8H10O4. The van der Waals surface area contributed by atoms with Crippen LogP contribution in [0.1, 0.15) is 13.3 Å². The normalized spacial score (nSPS) is 61.0. The van der Waals surface area contributed by atoms with Crippen LogP contribution in [0.15, 0.2) is 0 Å². The highest BCUT2D eigenvalue weighted by molar-refractivity contribution is 5.77. The number of aliphatic hydroxyl groups excluding tert-OH is 1. The van der Waals surface area contributed by atoms with Gasteiger partial charge in [-0.3, -0.25) is 4.79 Å². The van der Waals surface area contributed by atoms with Gasteiger partial charge in [0.1, 0.15) is 12.2 Å². The monoisotopic (exact) mass is 170 g/mol. The van der Waals surface area contributed by atoms with E-state index in [9.17, 15) is 9.90 Å². The lowest BCUT2D eigenvalue weighted by atomic mass is 9.81. The average molecular weight is 170 g/mol. The van der Waals surface area contributed by atoms with Crippen LogP contribution in [0.5, 0.6) is 0 Å². The number of aliphatic hydroxyl groups is 1. The van der Waals surface area contributed by atoms with Crippen LogP contribution in [0, 0.1) is 5.92 Å². The third-order valence-electron chi connectivity index (χ3n) is 3.24. The minimum Gasteiger partial charge on any atom is -0.456 e. The van der Waals surface area contributed by atoms with E-state index in [-0.39, 0.29) is 18.0 Å². The van der Waals surface area contributed by atoms with E-state index in [0.29, 0.717) is 6.42 Å². The Morgan fingerprint density at radius 3 is 2.92 bits per heavy atom. The zero-order chi connectivity index (χ0) is 8.51. The molecule has 66 valence electrons. The van der Waals surface area contributed by atoms with Crippen molar-refractivity contribution in [2.45, 2.75) is 37.3 Å². The van der Waals surface area contributed by atoms with Crippen molar-refractivity contribution in [1.82, 2.24) is 0 Å². The largest absolute Gasteiger partial charge is 0.456 e. The summed E-state index contributed by atoms with van der Waals surface area (Å²) in [6.45, 7) is 1.84. The zero-order valence-electron chi connectivity index (χ0n) is 6.69. The zero-order valence-corrected chi connectivity index (χ0v) is 6.69. The third kappa shape index (κ3) is 0.528. The summed E-state index contributed by atoms with van der Waals surface area (Å²) in [5.74, 6) is -0.325. The lowest BCUT2D eigenvalue weighted by molar-refractivity contribution is -0.145. The van der Waals surface area contributed by atoms with Gasteiger partial charge in [0.05, 0.1) is 11.5 Å². The molecule has 3 fully saturated rings. The quantitative estimate of drug-likeness (QED) is 0.495. The highest BCUT2D eigenvalue weighted by Crippen LogP contribution is 2.52. The van der Waals surface area contributed by atoms with Gasteiger partial charge < -0.3 is 14.6 Å². The number of esters is 1. The van der Waals surface area contributed by atoms with Crippen molar-refractivity contribution in [3.05, 3.63) is 0 Å². The van der Waals surface area contributed by atoms with E-state index >= 15 is 0 Å². The Labute approximate surface area is 69.5 Å². The summed E-state index contributed by atoms with van der Waals surface area (Å²) in [6.07, 6.45) is -0.613. The van der Waals surface area contributed by atoms with Crippen LogP contribution in [0.3, 0.4) is 0 Å². The highest BCUT2D eigenvalue weighted by Gasteiger charge is 2.68. The molecule has 12 heavy (non-hydrogen) atoms. The molecule has 0 aliphatic carbocycles. The Balaban J connectivity index is 2.08. The number of ether oxygens (including phenoxy) is 2. The first-order valence-corrected chi connectivity index (χ1v) is 4.18. The molecule has 0 aromatic heterocycles. The van der Waals surface area contributed by atoms with Crippen molar-refractivity contribution in [2.24, 2.45) is 5.92 Å². The lowest BCUT2D eigenvalue weighted by Gasteiger charge is -2.24. The number of hydrogen-bond acceptors (Lipinski definition) is 4. The fourth-order valence-electron chi connectivity index (χ4n) is 2.58. The van der Waals surface area contributed by atoms with E-state index in [1.54, 1.807) is 0 Å². The summed E-state index contributed by atoms with van der Waals surface area (Å²) in [4.78, 5) is 11.2. The van der Waals surface area contributed by atoms with Crippen LogP contribution < -0.4 is 0 Å². The van der Waals surface area contributed by atoms with Gasteiger partial charge in [-0.25, -0.2) is 0 Å². The molecule has 0 saturated carbocycles. The molecule has 3 rings (SSSR count).